The van der Waals surface area contributed by atoms with E-state index in [4.69, 9.17) is 10.5 Å². The average Bonchev–Trinajstić information content (AvgIpc) is 3.32. The predicted octanol–water partition coefficient (Wildman–Crippen LogP) is 3.33. The fourth-order valence-corrected chi connectivity index (χ4v) is 4.67. The highest BCUT2D eigenvalue weighted by molar-refractivity contribution is 6.00. The van der Waals surface area contributed by atoms with Crippen LogP contribution in [0.4, 0.5) is 0 Å². The summed E-state index contributed by atoms with van der Waals surface area (Å²) in [6, 6.07) is 15.0. The van der Waals surface area contributed by atoms with Crippen molar-refractivity contribution in [1.29, 1.82) is 0 Å². The third kappa shape index (κ3) is 4.45. The number of para-hydroxylation sites is 1. The van der Waals surface area contributed by atoms with Gasteiger partial charge in [-0.3, -0.25) is 9.69 Å². The quantitative estimate of drug-likeness (QED) is 0.398. The molecule has 0 spiro atoms. The summed E-state index contributed by atoms with van der Waals surface area (Å²) >= 11 is 0. The van der Waals surface area contributed by atoms with Crippen molar-refractivity contribution in [2.45, 2.75) is 0 Å². The molecule has 0 aliphatic carbocycles. The van der Waals surface area contributed by atoms with Crippen LogP contribution < -0.4 is 10.5 Å². The monoisotopic (exact) mass is 471 g/mol. The second kappa shape index (κ2) is 9.77. The van der Waals surface area contributed by atoms with Gasteiger partial charge in [0, 0.05) is 73.7 Å². The number of amides is 1. The van der Waals surface area contributed by atoms with Gasteiger partial charge in [-0.2, -0.15) is 0 Å². The molecule has 8 heteroatoms. The Hall–Kier alpha value is -3.88. The SMILES string of the molecule is COc1ccccc1-c1c[nH]c2ncc(-c3ccc(O)c(C(=O)N4CCN(CCN)CC4)c3)cc12. The van der Waals surface area contributed by atoms with Crippen molar-refractivity contribution in [3.05, 3.63) is 66.5 Å². The Bertz CT molecular complexity index is 1360. The Labute approximate surface area is 203 Å². The molecule has 4 aromatic rings. The molecule has 1 fully saturated rings. The van der Waals surface area contributed by atoms with Crippen LogP contribution in [0.15, 0.2) is 60.9 Å². The number of hydrogen-bond donors (Lipinski definition) is 3. The number of H-pyrrole nitrogens is 1. The number of ether oxygens (including phenoxy) is 1. The van der Waals surface area contributed by atoms with E-state index in [0.29, 0.717) is 25.2 Å². The van der Waals surface area contributed by atoms with Gasteiger partial charge in [0.1, 0.15) is 17.1 Å². The maximum absolute atomic E-state index is 13.2. The zero-order valence-corrected chi connectivity index (χ0v) is 19.7. The minimum absolute atomic E-state index is 0.0199. The molecule has 4 N–H and O–H groups in total. The highest BCUT2D eigenvalue weighted by atomic mass is 16.5. The summed E-state index contributed by atoms with van der Waals surface area (Å²) in [5.41, 5.74) is 10.3. The van der Waals surface area contributed by atoms with E-state index in [9.17, 15) is 9.90 Å². The molecule has 0 radical (unpaired) electrons. The van der Waals surface area contributed by atoms with Crippen molar-refractivity contribution >= 4 is 16.9 Å². The summed E-state index contributed by atoms with van der Waals surface area (Å²) in [5, 5.41) is 11.4. The molecular weight excluding hydrogens is 442 g/mol. The molecule has 0 saturated carbocycles. The topological polar surface area (TPSA) is 108 Å². The van der Waals surface area contributed by atoms with Gasteiger partial charge in [0.2, 0.25) is 0 Å². The number of hydrogen-bond acceptors (Lipinski definition) is 6. The number of pyridine rings is 1. The molecule has 2 aromatic carbocycles. The fraction of sp³-hybridized carbons (Fsp3) is 0.259. The number of carbonyl (C=O) groups excluding carboxylic acids is 1. The van der Waals surface area contributed by atoms with Crippen LogP contribution in [0, 0.1) is 0 Å². The molecular formula is C27H29N5O3. The van der Waals surface area contributed by atoms with Crippen LogP contribution in [0.1, 0.15) is 10.4 Å². The maximum atomic E-state index is 13.2. The van der Waals surface area contributed by atoms with E-state index in [0.717, 1.165) is 58.7 Å². The first kappa shape index (κ1) is 22.9. The van der Waals surface area contributed by atoms with Crippen LogP contribution in [-0.4, -0.2) is 77.2 Å². The summed E-state index contributed by atoms with van der Waals surface area (Å²) in [4.78, 5) is 25.1. The van der Waals surface area contributed by atoms with Crippen LogP contribution in [0.5, 0.6) is 11.5 Å². The minimum Gasteiger partial charge on any atom is -0.507 e. The fourth-order valence-electron chi connectivity index (χ4n) is 4.67. The molecule has 5 rings (SSSR count). The first-order chi connectivity index (χ1) is 17.1. The molecule has 180 valence electrons. The van der Waals surface area contributed by atoms with Crippen molar-refractivity contribution in [1.82, 2.24) is 19.8 Å². The van der Waals surface area contributed by atoms with Gasteiger partial charge in [0.15, 0.2) is 0 Å². The largest absolute Gasteiger partial charge is 0.507 e. The number of nitrogens with zero attached hydrogens (tertiary/aromatic N) is 3. The van der Waals surface area contributed by atoms with E-state index in [1.54, 1.807) is 30.3 Å². The number of aromatic nitrogens is 2. The molecule has 0 atom stereocenters. The number of nitrogens with one attached hydrogen (secondary N) is 1. The third-order valence-electron chi connectivity index (χ3n) is 6.59. The molecule has 1 saturated heterocycles. The van der Waals surface area contributed by atoms with E-state index in [1.165, 1.54) is 0 Å². The van der Waals surface area contributed by atoms with Crippen LogP contribution in [-0.2, 0) is 0 Å². The number of piperazine rings is 1. The van der Waals surface area contributed by atoms with Gasteiger partial charge in [-0.15, -0.1) is 0 Å². The number of nitrogens with two attached hydrogens (primary N) is 1. The maximum Gasteiger partial charge on any atom is 0.257 e. The minimum atomic E-state index is -0.165. The van der Waals surface area contributed by atoms with Gasteiger partial charge in [0.25, 0.3) is 5.91 Å². The van der Waals surface area contributed by atoms with E-state index in [2.05, 4.69) is 14.9 Å². The molecule has 1 amide bonds. The van der Waals surface area contributed by atoms with Gasteiger partial charge in [-0.05, 0) is 29.8 Å². The van der Waals surface area contributed by atoms with E-state index >= 15 is 0 Å². The average molecular weight is 472 g/mol. The first-order valence-electron chi connectivity index (χ1n) is 11.7. The first-order valence-corrected chi connectivity index (χ1v) is 11.7. The van der Waals surface area contributed by atoms with E-state index in [-0.39, 0.29) is 11.7 Å². The number of phenols is 1. The van der Waals surface area contributed by atoms with Crippen LogP contribution in [0.3, 0.4) is 0 Å². The molecule has 1 aliphatic rings. The van der Waals surface area contributed by atoms with Crippen LogP contribution in [0.25, 0.3) is 33.3 Å². The molecule has 35 heavy (non-hydrogen) atoms. The van der Waals surface area contributed by atoms with Crippen LogP contribution >= 0.6 is 0 Å². The predicted molar refractivity (Wildman–Crippen MR) is 137 cm³/mol. The van der Waals surface area contributed by atoms with Crippen LogP contribution in [0.2, 0.25) is 0 Å². The van der Waals surface area contributed by atoms with Gasteiger partial charge < -0.3 is 25.5 Å². The summed E-state index contributed by atoms with van der Waals surface area (Å²) in [6.45, 7) is 4.22. The highest BCUT2D eigenvalue weighted by Gasteiger charge is 2.24. The normalized spacial score (nSPS) is 14.4. The Morgan fingerprint density at radius 3 is 2.66 bits per heavy atom. The standard InChI is InChI=1S/C27H29N5O3/c1-35-25-5-3-2-4-20(25)23-17-30-26-21(23)15-19(16-29-26)18-6-7-24(33)22(14-18)27(34)32-12-10-31(9-8-28)11-13-32/h2-7,14-17,33H,8-13,28H2,1H3,(H,29,30). The van der Waals surface area contributed by atoms with Gasteiger partial charge in [-0.1, -0.05) is 24.3 Å². The Balaban J connectivity index is 1.47. The zero-order valence-electron chi connectivity index (χ0n) is 19.7. The molecule has 0 unspecified atom stereocenters. The summed E-state index contributed by atoms with van der Waals surface area (Å²) in [7, 11) is 1.66. The number of methoxy groups -OCH3 is 1. The third-order valence-corrected chi connectivity index (χ3v) is 6.59. The Kier molecular flexibility index (Phi) is 6.39. The Morgan fingerprint density at radius 1 is 1.09 bits per heavy atom. The van der Waals surface area contributed by atoms with Gasteiger partial charge in [0.05, 0.1) is 12.7 Å². The number of fused-ring (bicyclic) bond motifs is 1. The number of rotatable bonds is 6. The van der Waals surface area contributed by atoms with Crippen molar-refractivity contribution in [3.8, 4) is 33.8 Å². The summed E-state index contributed by atoms with van der Waals surface area (Å²) < 4.78 is 5.55. The van der Waals surface area contributed by atoms with Crippen molar-refractivity contribution in [3.63, 3.8) is 0 Å². The van der Waals surface area contributed by atoms with E-state index < -0.39 is 0 Å². The number of phenolic OH excluding ortho intramolecular Hbond substituents is 1. The number of benzene rings is 2. The molecule has 3 heterocycles. The number of carbonyl (C=O) groups is 1. The van der Waals surface area contributed by atoms with Gasteiger partial charge in [-0.25, -0.2) is 4.98 Å². The highest BCUT2D eigenvalue weighted by Crippen LogP contribution is 2.36. The molecule has 2 aromatic heterocycles. The smallest absolute Gasteiger partial charge is 0.257 e. The number of aromatic amines is 1. The van der Waals surface area contributed by atoms with E-state index in [1.807, 2.05) is 42.6 Å². The van der Waals surface area contributed by atoms with Gasteiger partial charge >= 0.3 is 0 Å². The Morgan fingerprint density at radius 2 is 1.89 bits per heavy atom. The molecule has 8 nitrogen and oxygen atoms in total. The second-order valence-corrected chi connectivity index (χ2v) is 8.68. The second-order valence-electron chi connectivity index (χ2n) is 8.68. The van der Waals surface area contributed by atoms with Crippen molar-refractivity contribution < 1.29 is 14.6 Å². The lowest BCUT2D eigenvalue weighted by atomic mass is 9.99. The summed E-state index contributed by atoms with van der Waals surface area (Å²) in [6.07, 6.45) is 3.70. The lowest BCUT2D eigenvalue weighted by Crippen LogP contribution is -2.49. The lowest BCUT2D eigenvalue weighted by molar-refractivity contribution is 0.0638. The number of aromatic hydroxyl groups is 1. The molecule has 1 aliphatic heterocycles. The summed E-state index contributed by atoms with van der Waals surface area (Å²) in [5.74, 6) is 0.596. The lowest BCUT2D eigenvalue weighted by Gasteiger charge is -2.34. The van der Waals surface area contributed by atoms with Crippen molar-refractivity contribution in [2.24, 2.45) is 5.73 Å². The zero-order chi connectivity index (χ0) is 24.4. The van der Waals surface area contributed by atoms with Crippen molar-refractivity contribution in [2.75, 3.05) is 46.4 Å². The molecule has 0 bridgehead atoms.